The number of anilines is 2. The Balaban J connectivity index is 0.00000225. The second-order valence-corrected chi connectivity index (χ2v) is 6.87. The molecule has 2 heterocycles. The lowest BCUT2D eigenvalue weighted by Crippen LogP contribution is -2.47. The fourth-order valence-corrected chi connectivity index (χ4v) is 3.72. The fourth-order valence-electron chi connectivity index (χ4n) is 3.72. The van der Waals surface area contributed by atoms with Crippen LogP contribution in [0.1, 0.15) is 11.1 Å². The molecule has 2 aromatic carbocycles. The quantitative estimate of drug-likeness (QED) is 0.394. The molecule has 1 saturated heterocycles. The fraction of sp³-hybridized carbons (Fsp3) is 0.333. The van der Waals surface area contributed by atoms with E-state index in [1.54, 1.807) is 0 Å². The van der Waals surface area contributed by atoms with Gasteiger partial charge < -0.3 is 20.4 Å². The summed E-state index contributed by atoms with van der Waals surface area (Å²) < 4.78 is 0. The summed E-state index contributed by atoms with van der Waals surface area (Å²) in [4.78, 5) is 20.4. The Kier molecular flexibility index (Phi) is 6.77. The third-order valence-corrected chi connectivity index (χ3v) is 5.15. The van der Waals surface area contributed by atoms with Crippen LogP contribution in [-0.4, -0.2) is 45.1 Å². The van der Waals surface area contributed by atoms with Gasteiger partial charge in [0.05, 0.1) is 6.54 Å². The largest absolute Gasteiger partial charge is 0.360 e. The lowest BCUT2D eigenvalue weighted by molar-refractivity contribution is -0.120. The highest BCUT2D eigenvalue weighted by molar-refractivity contribution is 14.0. The SMILES string of the molecule is CN=C(NCc1ccc(N2CCNC(=O)C2)cc1)N1CCc2ccccc21.I. The van der Waals surface area contributed by atoms with Crippen molar-refractivity contribution in [3.05, 3.63) is 59.7 Å². The van der Waals surface area contributed by atoms with Crippen LogP contribution in [0.3, 0.4) is 0 Å². The van der Waals surface area contributed by atoms with Crippen LogP contribution in [0.5, 0.6) is 0 Å². The number of para-hydroxylation sites is 1. The van der Waals surface area contributed by atoms with Crippen molar-refractivity contribution >= 4 is 47.2 Å². The van der Waals surface area contributed by atoms with Crippen molar-refractivity contribution < 1.29 is 4.79 Å². The molecule has 0 bridgehead atoms. The second-order valence-electron chi connectivity index (χ2n) is 6.87. The van der Waals surface area contributed by atoms with Gasteiger partial charge in [-0.15, -0.1) is 24.0 Å². The minimum absolute atomic E-state index is 0. The molecule has 2 aromatic rings. The smallest absolute Gasteiger partial charge is 0.239 e. The van der Waals surface area contributed by atoms with Crippen LogP contribution in [0, 0.1) is 0 Å². The van der Waals surface area contributed by atoms with Gasteiger partial charge in [-0.3, -0.25) is 9.79 Å². The highest BCUT2D eigenvalue weighted by atomic mass is 127. The number of halogens is 1. The number of guanidine groups is 1. The normalized spacial score (nSPS) is 16.3. The van der Waals surface area contributed by atoms with E-state index in [0.29, 0.717) is 19.6 Å². The summed E-state index contributed by atoms with van der Waals surface area (Å²) in [5.74, 6) is 0.985. The molecule has 7 heteroatoms. The number of benzene rings is 2. The molecule has 1 amide bonds. The number of amides is 1. The first-order valence-electron chi connectivity index (χ1n) is 9.41. The van der Waals surface area contributed by atoms with Gasteiger partial charge in [0, 0.05) is 44.6 Å². The average molecular weight is 491 g/mol. The highest BCUT2D eigenvalue weighted by Crippen LogP contribution is 2.27. The van der Waals surface area contributed by atoms with Crippen molar-refractivity contribution in [3.63, 3.8) is 0 Å². The van der Waals surface area contributed by atoms with Crippen LogP contribution < -0.4 is 20.4 Å². The average Bonchev–Trinajstić information content (AvgIpc) is 3.13. The molecule has 1 fully saturated rings. The molecule has 0 unspecified atom stereocenters. The van der Waals surface area contributed by atoms with E-state index < -0.39 is 0 Å². The van der Waals surface area contributed by atoms with Gasteiger partial charge in [0.25, 0.3) is 0 Å². The van der Waals surface area contributed by atoms with Gasteiger partial charge in [-0.25, -0.2) is 0 Å². The maximum absolute atomic E-state index is 11.6. The number of piperazine rings is 1. The molecule has 0 spiro atoms. The summed E-state index contributed by atoms with van der Waals surface area (Å²) in [6.07, 6.45) is 1.05. The third kappa shape index (κ3) is 4.40. The number of nitrogens with one attached hydrogen (secondary N) is 2. The number of carbonyl (C=O) groups is 1. The second kappa shape index (κ2) is 9.27. The Morgan fingerprint density at radius 2 is 1.93 bits per heavy atom. The monoisotopic (exact) mass is 491 g/mol. The molecule has 0 radical (unpaired) electrons. The van der Waals surface area contributed by atoms with Crippen molar-refractivity contribution in [2.45, 2.75) is 13.0 Å². The maximum Gasteiger partial charge on any atom is 0.239 e. The molecule has 0 atom stereocenters. The topological polar surface area (TPSA) is 60.0 Å². The summed E-state index contributed by atoms with van der Waals surface area (Å²) in [5.41, 5.74) is 4.89. The number of fused-ring (bicyclic) bond motifs is 1. The summed E-state index contributed by atoms with van der Waals surface area (Å²) in [6.45, 7) is 3.65. The zero-order chi connectivity index (χ0) is 18.6. The van der Waals surface area contributed by atoms with Gasteiger partial charge in [0.1, 0.15) is 0 Å². The van der Waals surface area contributed by atoms with Gasteiger partial charge in [0.2, 0.25) is 5.91 Å². The van der Waals surface area contributed by atoms with Crippen LogP contribution in [0.4, 0.5) is 11.4 Å². The zero-order valence-electron chi connectivity index (χ0n) is 16.0. The predicted molar refractivity (Wildman–Crippen MR) is 125 cm³/mol. The Bertz CT molecular complexity index is 852. The maximum atomic E-state index is 11.6. The van der Waals surface area contributed by atoms with Crippen LogP contribution in [0.15, 0.2) is 53.5 Å². The van der Waals surface area contributed by atoms with E-state index in [1.807, 2.05) is 7.05 Å². The molecule has 0 saturated carbocycles. The first-order chi connectivity index (χ1) is 13.2. The molecule has 0 aromatic heterocycles. The van der Waals surface area contributed by atoms with Gasteiger partial charge in [-0.05, 0) is 35.7 Å². The lowest BCUT2D eigenvalue weighted by Gasteiger charge is -2.28. The van der Waals surface area contributed by atoms with Gasteiger partial charge in [-0.1, -0.05) is 30.3 Å². The van der Waals surface area contributed by atoms with Gasteiger partial charge in [0.15, 0.2) is 5.96 Å². The number of hydrogen-bond acceptors (Lipinski definition) is 3. The van der Waals surface area contributed by atoms with E-state index in [2.05, 4.69) is 74.0 Å². The Morgan fingerprint density at radius 1 is 1.14 bits per heavy atom. The molecular weight excluding hydrogens is 465 g/mol. The minimum Gasteiger partial charge on any atom is -0.360 e. The zero-order valence-corrected chi connectivity index (χ0v) is 18.3. The van der Waals surface area contributed by atoms with Crippen LogP contribution in [0.25, 0.3) is 0 Å². The summed E-state index contributed by atoms with van der Waals surface area (Å²) in [6, 6.07) is 16.9. The molecule has 0 aliphatic carbocycles. The molecule has 6 nitrogen and oxygen atoms in total. The van der Waals surface area contributed by atoms with Crippen molar-refractivity contribution in [1.29, 1.82) is 0 Å². The number of nitrogens with zero attached hydrogens (tertiary/aromatic N) is 3. The van der Waals surface area contributed by atoms with Crippen molar-refractivity contribution in [2.75, 3.05) is 43.0 Å². The molecule has 4 rings (SSSR count). The molecule has 148 valence electrons. The van der Waals surface area contributed by atoms with Crippen molar-refractivity contribution in [2.24, 2.45) is 4.99 Å². The summed E-state index contributed by atoms with van der Waals surface area (Å²) in [7, 11) is 1.83. The Hall–Kier alpha value is -2.29. The molecule has 28 heavy (non-hydrogen) atoms. The standard InChI is InChI=1S/C21H25N5O.HI/c1-22-21(26-12-10-17-4-2-3-5-19(17)26)24-14-16-6-8-18(9-7-16)25-13-11-23-20(27)15-25;/h2-9H,10-15H2,1H3,(H,22,24)(H,23,27);1H. The summed E-state index contributed by atoms with van der Waals surface area (Å²) in [5, 5.41) is 6.33. The Morgan fingerprint density at radius 3 is 2.68 bits per heavy atom. The predicted octanol–water partition coefficient (Wildman–Crippen LogP) is 2.38. The molecule has 2 N–H and O–H groups in total. The van der Waals surface area contributed by atoms with Crippen LogP contribution in [0.2, 0.25) is 0 Å². The Labute approximate surface area is 183 Å². The number of hydrogen-bond donors (Lipinski definition) is 2. The van der Waals surface area contributed by atoms with E-state index in [0.717, 1.165) is 31.2 Å². The van der Waals surface area contributed by atoms with E-state index in [9.17, 15) is 4.79 Å². The van der Waals surface area contributed by atoms with Crippen LogP contribution >= 0.6 is 24.0 Å². The molecule has 2 aliphatic heterocycles. The van der Waals surface area contributed by atoms with E-state index in [1.165, 1.54) is 16.8 Å². The van der Waals surface area contributed by atoms with Gasteiger partial charge >= 0.3 is 0 Å². The van der Waals surface area contributed by atoms with Crippen LogP contribution in [-0.2, 0) is 17.8 Å². The third-order valence-electron chi connectivity index (χ3n) is 5.15. The molecule has 2 aliphatic rings. The lowest BCUT2D eigenvalue weighted by atomic mass is 10.2. The van der Waals surface area contributed by atoms with E-state index in [-0.39, 0.29) is 29.9 Å². The summed E-state index contributed by atoms with van der Waals surface area (Å²) >= 11 is 0. The molecular formula is C21H26IN5O. The number of carbonyl (C=O) groups excluding carboxylic acids is 1. The van der Waals surface area contributed by atoms with Crippen molar-refractivity contribution in [3.8, 4) is 0 Å². The number of aliphatic imine (C=N–C) groups is 1. The van der Waals surface area contributed by atoms with E-state index >= 15 is 0 Å². The minimum atomic E-state index is 0. The highest BCUT2D eigenvalue weighted by Gasteiger charge is 2.22. The first kappa shape index (κ1) is 20.4. The first-order valence-corrected chi connectivity index (χ1v) is 9.41. The van der Waals surface area contributed by atoms with Crippen molar-refractivity contribution in [1.82, 2.24) is 10.6 Å². The number of rotatable bonds is 3. The van der Waals surface area contributed by atoms with Gasteiger partial charge in [-0.2, -0.15) is 0 Å². The van der Waals surface area contributed by atoms with E-state index in [4.69, 9.17) is 0 Å².